The van der Waals surface area contributed by atoms with E-state index in [0.29, 0.717) is 18.3 Å². The second-order valence-electron chi connectivity index (χ2n) is 4.65. The zero-order chi connectivity index (χ0) is 15.9. The zero-order valence-electron chi connectivity index (χ0n) is 12.9. The molecule has 1 aromatic carbocycles. The molecule has 0 radical (unpaired) electrons. The third-order valence-corrected chi connectivity index (χ3v) is 4.34. The molecule has 0 aliphatic carbocycles. The molecule has 0 saturated heterocycles. The number of benzene rings is 1. The molecule has 1 amide bonds. The Bertz CT molecular complexity index is 634. The number of aryl methyl sites for hydroxylation is 1. The molecule has 5 nitrogen and oxygen atoms in total. The molecule has 0 unspecified atom stereocenters. The maximum atomic E-state index is 11.8. The van der Waals surface area contributed by atoms with Crippen LogP contribution in [0.2, 0.25) is 0 Å². The molecule has 126 valence electrons. The minimum atomic E-state index is -0.104. The monoisotopic (exact) mass is 419 g/mol. The highest BCUT2D eigenvalue weighted by Gasteiger charge is 2.11. The third-order valence-electron chi connectivity index (χ3n) is 2.93. The SMILES string of the molecule is COCCNCC(=O)Nc1nc(-c2ccc(Br)cc2)c(C)s1.Cl. The molecule has 8 heteroatoms. The lowest BCUT2D eigenvalue weighted by Gasteiger charge is -2.03. The Morgan fingerprint density at radius 3 is 2.70 bits per heavy atom. The van der Waals surface area contributed by atoms with E-state index in [4.69, 9.17) is 4.74 Å². The second-order valence-corrected chi connectivity index (χ2v) is 6.77. The van der Waals surface area contributed by atoms with Gasteiger partial charge < -0.3 is 15.4 Å². The number of hydrogen-bond donors (Lipinski definition) is 2. The maximum Gasteiger partial charge on any atom is 0.240 e. The van der Waals surface area contributed by atoms with Crippen LogP contribution in [0.25, 0.3) is 11.3 Å². The van der Waals surface area contributed by atoms with Crippen LogP contribution in [0.3, 0.4) is 0 Å². The molecule has 0 bridgehead atoms. The summed E-state index contributed by atoms with van der Waals surface area (Å²) in [7, 11) is 1.63. The number of anilines is 1. The van der Waals surface area contributed by atoms with E-state index in [0.717, 1.165) is 20.6 Å². The van der Waals surface area contributed by atoms with Crippen LogP contribution in [0.15, 0.2) is 28.7 Å². The Kier molecular flexibility index (Phi) is 8.72. The summed E-state index contributed by atoms with van der Waals surface area (Å²) < 4.78 is 5.94. The van der Waals surface area contributed by atoms with Gasteiger partial charge in [-0.1, -0.05) is 28.1 Å². The fraction of sp³-hybridized carbons (Fsp3) is 0.333. The number of carbonyl (C=O) groups is 1. The van der Waals surface area contributed by atoms with E-state index in [9.17, 15) is 4.79 Å². The van der Waals surface area contributed by atoms with Crippen LogP contribution in [0.5, 0.6) is 0 Å². The van der Waals surface area contributed by atoms with Gasteiger partial charge in [0.05, 0.1) is 18.8 Å². The highest BCUT2D eigenvalue weighted by Crippen LogP contribution is 2.30. The number of rotatable bonds is 7. The number of nitrogens with zero attached hydrogens (tertiary/aromatic N) is 1. The summed E-state index contributed by atoms with van der Waals surface area (Å²) in [6, 6.07) is 7.96. The standard InChI is InChI=1S/C15H18BrN3O2S.ClH/c1-10-14(11-3-5-12(16)6-4-11)19-15(22-10)18-13(20)9-17-7-8-21-2;/h3-6,17H,7-9H2,1-2H3,(H,18,19,20);1H. The number of aromatic nitrogens is 1. The fourth-order valence-corrected chi connectivity index (χ4v) is 2.98. The Balaban J connectivity index is 0.00000264. The van der Waals surface area contributed by atoms with Gasteiger partial charge in [-0.2, -0.15) is 0 Å². The van der Waals surface area contributed by atoms with E-state index in [1.807, 2.05) is 31.2 Å². The van der Waals surface area contributed by atoms with Crippen molar-refractivity contribution in [3.05, 3.63) is 33.6 Å². The summed E-state index contributed by atoms with van der Waals surface area (Å²) >= 11 is 4.90. The molecule has 0 atom stereocenters. The van der Waals surface area contributed by atoms with Gasteiger partial charge in [-0.25, -0.2) is 4.98 Å². The Labute approximate surface area is 154 Å². The number of thiazole rings is 1. The van der Waals surface area contributed by atoms with Crippen molar-refractivity contribution in [3.63, 3.8) is 0 Å². The Morgan fingerprint density at radius 2 is 2.04 bits per heavy atom. The van der Waals surface area contributed by atoms with Crippen molar-refractivity contribution in [1.82, 2.24) is 10.3 Å². The average Bonchev–Trinajstić information content (AvgIpc) is 2.85. The first-order valence-corrected chi connectivity index (χ1v) is 8.44. The molecule has 2 N–H and O–H groups in total. The predicted molar refractivity (Wildman–Crippen MR) is 101 cm³/mol. The number of ether oxygens (including phenoxy) is 1. The number of methoxy groups -OCH3 is 1. The van der Waals surface area contributed by atoms with Crippen LogP contribution in [0, 0.1) is 6.92 Å². The first-order chi connectivity index (χ1) is 10.6. The highest BCUT2D eigenvalue weighted by atomic mass is 79.9. The largest absolute Gasteiger partial charge is 0.383 e. The summed E-state index contributed by atoms with van der Waals surface area (Å²) in [5.41, 5.74) is 1.94. The molecule has 0 spiro atoms. The van der Waals surface area contributed by atoms with Gasteiger partial charge in [0.2, 0.25) is 5.91 Å². The van der Waals surface area contributed by atoms with E-state index in [-0.39, 0.29) is 24.9 Å². The van der Waals surface area contributed by atoms with Gasteiger partial charge in [0.1, 0.15) is 0 Å². The molecular weight excluding hydrogens is 402 g/mol. The zero-order valence-corrected chi connectivity index (χ0v) is 16.1. The lowest BCUT2D eigenvalue weighted by Crippen LogP contribution is -2.30. The third kappa shape index (κ3) is 6.19. The minimum Gasteiger partial charge on any atom is -0.383 e. The summed E-state index contributed by atoms with van der Waals surface area (Å²) in [5.74, 6) is -0.104. The first kappa shape index (κ1) is 20.1. The van der Waals surface area contributed by atoms with Crippen LogP contribution in [-0.2, 0) is 9.53 Å². The van der Waals surface area contributed by atoms with Crippen LogP contribution >= 0.6 is 39.7 Å². The summed E-state index contributed by atoms with van der Waals surface area (Å²) in [4.78, 5) is 17.4. The lowest BCUT2D eigenvalue weighted by molar-refractivity contribution is -0.115. The molecule has 2 rings (SSSR count). The van der Waals surface area contributed by atoms with Crippen LogP contribution in [-0.4, -0.2) is 37.7 Å². The van der Waals surface area contributed by atoms with Crippen molar-refractivity contribution in [2.75, 3.05) is 32.1 Å². The summed E-state index contributed by atoms with van der Waals surface area (Å²) in [6.07, 6.45) is 0. The van der Waals surface area contributed by atoms with Crippen LogP contribution < -0.4 is 10.6 Å². The predicted octanol–water partition coefficient (Wildman–Crippen LogP) is 3.48. The topological polar surface area (TPSA) is 63.2 Å². The fourth-order valence-electron chi connectivity index (χ4n) is 1.87. The molecule has 23 heavy (non-hydrogen) atoms. The van der Waals surface area contributed by atoms with E-state index >= 15 is 0 Å². The van der Waals surface area contributed by atoms with E-state index in [1.165, 1.54) is 11.3 Å². The molecule has 0 aliphatic rings. The number of carbonyl (C=O) groups excluding carboxylic acids is 1. The Hall–Kier alpha value is -0.990. The maximum absolute atomic E-state index is 11.8. The van der Waals surface area contributed by atoms with Crippen molar-refractivity contribution in [2.45, 2.75) is 6.92 Å². The second kappa shape index (κ2) is 10.00. The molecular formula is C15H19BrClN3O2S. The summed E-state index contributed by atoms with van der Waals surface area (Å²) in [6.45, 7) is 3.47. The van der Waals surface area contributed by atoms with E-state index < -0.39 is 0 Å². The van der Waals surface area contributed by atoms with Gasteiger partial charge in [-0.3, -0.25) is 4.79 Å². The quantitative estimate of drug-likeness (QED) is 0.673. The molecule has 0 saturated carbocycles. The van der Waals surface area contributed by atoms with E-state index in [2.05, 4.69) is 31.5 Å². The average molecular weight is 421 g/mol. The molecule has 2 aromatic rings. The normalized spacial score (nSPS) is 10.2. The van der Waals surface area contributed by atoms with Crippen molar-refractivity contribution in [2.24, 2.45) is 0 Å². The first-order valence-electron chi connectivity index (χ1n) is 6.83. The Morgan fingerprint density at radius 1 is 1.35 bits per heavy atom. The van der Waals surface area contributed by atoms with Crippen LogP contribution in [0.1, 0.15) is 4.88 Å². The van der Waals surface area contributed by atoms with Gasteiger partial charge in [0, 0.05) is 28.6 Å². The smallest absolute Gasteiger partial charge is 0.240 e. The van der Waals surface area contributed by atoms with Crippen molar-refractivity contribution in [3.8, 4) is 11.3 Å². The van der Waals surface area contributed by atoms with Crippen molar-refractivity contribution < 1.29 is 9.53 Å². The van der Waals surface area contributed by atoms with Gasteiger partial charge >= 0.3 is 0 Å². The molecule has 0 fully saturated rings. The van der Waals surface area contributed by atoms with Crippen molar-refractivity contribution >= 4 is 50.7 Å². The van der Waals surface area contributed by atoms with E-state index in [1.54, 1.807) is 7.11 Å². The number of amides is 1. The van der Waals surface area contributed by atoms with Gasteiger partial charge in [0.15, 0.2) is 5.13 Å². The number of nitrogens with one attached hydrogen (secondary N) is 2. The van der Waals surface area contributed by atoms with Crippen LogP contribution in [0.4, 0.5) is 5.13 Å². The highest BCUT2D eigenvalue weighted by molar-refractivity contribution is 9.10. The minimum absolute atomic E-state index is 0. The lowest BCUT2D eigenvalue weighted by atomic mass is 10.1. The molecule has 1 heterocycles. The molecule has 1 aromatic heterocycles. The molecule has 0 aliphatic heterocycles. The number of hydrogen-bond acceptors (Lipinski definition) is 5. The van der Waals surface area contributed by atoms with Gasteiger partial charge in [-0.15, -0.1) is 23.7 Å². The van der Waals surface area contributed by atoms with Crippen molar-refractivity contribution in [1.29, 1.82) is 0 Å². The summed E-state index contributed by atoms with van der Waals surface area (Å²) in [5, 5.41) is 6.44. The van der Waals surface area contributed by atoms with Gasteiger partial charge in [-0.05, 0) is 19.1 Å². The number of halogens is 2. The van der Waals surface area contributed by atoms with Gasteiger partial charge in [0.25, 0.3) is 0 Å².